The van der Waals surface area contributed by atoms with Crippen LogP contribution in [-0.2, 0) is 0 Å². The second-order valence-electron chi connectivity index (χ2n) is 5.04. The molecular formula is C13H16N4O2. The number of nitrogens with zero attached hydrogens (tertiary/aromatic N) is 2. The zero-order chi connectivity index (χ0) is 13.9. The summed E-state index contributed by atoms with van der Waals surface area (Å²) < 4.78 is 0. The number of nitrogens with one attached hydrogen (secondary N) is 2. The quantitative estimate of drug-likeness (QED) is 0.641. The van der Waals surface area contributed by atoms with Crippen LogP contribution in [0.15, 0.2) is 18.2 Å². The van der Waals surface area contributed by atoms with Gasteiger partial charge in [0.15, 0.2) is 0 Å². The van der Waals surface area contributed by atoms with Crippen molar-refractivity contribution in [2.75, 3.05) is 18.4 Å². The molecule has 6 nitrogen and oxygen atoms in total. The molecule has 1 fully saturated rings. The molecule has 1 saturated heterocycles. The Bertz CT molecular complexity index is 530. The molecule has 0 bridgehead atoms. The van der Waals surface area contributed by atoms with Crippen LogP contribution >= 0.6 is 0 Å². The van der Waals surface area contributed by atoms with E-state index in [0.717, 1.165) is 25.9 Å². The van der Waals surface area contributed by atoms with Gasteiger partial charge in [0.05, 0.1) is 16.6 Å². The van der Waals surface area contributed by atoms with E-state index in [-0.39, 0.29) is 11.2 Å². The molecule has 1 heterocycles. The lowest BCUT2D eigenvalue weighted by molar-refractivity contribution is -0.384. The summed E-state index contributed by atoms with van der Waals surface area (Å²) in [6, 6.07) is 6.40. The molecule has 0 amide bonds. The Balaban J connectivity index is 2.31. The van der Waals surface area contributed by atoms with Crippen LogP contribution in [0.25, 0.3) is 0 Å². The van der Waals surface area contributed by atoms with Gasteiger partial charge >= 0.3 is 0 Å². The van der Waals surface area contributed by atoms with Crippen molar-refractivity contribution in [3.05, 3.63) is 33.9 Å². The van der Waals surface area contributed by atoms with E-state index in [1.165, 1.54) is 12.1 Å². The van der Waals surface area contributed by atoms with E-state index in [1.54, 1.807) is 6.07 Å². The van der Waals surface area contributed by atoms with Crippen LogP contribution in [0.4, 0.5) is 11.4 Å². The summed E-state index contributed by atoms with van der Waals surface area (Å²) in [6.45, 7) is 3.82. The Hall–Kier alpha value is -2.13. The minimum absolute atomic E-state index is 0.0127. The van der Waals surface area contributed by atoms with Gasteiger partial charge in [-0.05, 0) is 45.0 Å². The van der Waals surface area contributed by atoms with Gasteiger partial charge in [0.25, 0.3) is 5.69 Å². The fraction of sp³-hybridized carbons (Fsp3) is 0.462. The fourth-order valence-corrected chi connectivity index (χ4v) is 2.29. The topological polar surface area (TPSA) is 91.0 Å². The van der Waals surface area contributed by atoms with Gasteiger partial charge in [-0.25, -0.2) is 0 Å². The molecule has 0 unspecified atom stereocenters. The Morgan fingerprint density at radius 1 is 1.47 bits per heavy atom. The van der Waals surface area contributed by atoms with Gasteiger partial charge in [0, 0.05) is 11.6 Å². The smallest absolute Gasteiger partial charge is 0.292 e. The second kappa shape index (κ2) is 5.24. The summed E-state index contributed by atoms with van der Waals surface area (Å²) >= 11 is 0. The molecule has 6 heteroatoms. The second-order valence-corrected chi connectivity index (χ2v) is 5.04. The van der Waals surface area contributed by atoms with E-state index in [0.29, 0.717) is 11.3 Å². The normalized spacial score (nSPS) is 17.5. The lowest BCUT2D eigenvalue weighted by Crippen LogP contribution is -2.45. The average molecular weight is 260 g/mol. The predicted molar refractivity (Wildman–Crippen MR) is 71.9 cm³/mol. The van der Waals surface area contributed by atoms with Gasteiger partial charge < -0.3 is 10.6 Å². The maximum atomic E-state index is 11.0. The monoisotopic (exact) mass is 260 g/mol. The zero-order valence-electron chi connectivity index (χ0n) is 10.8. The van der Waals surface area contributed by atoms with Crippen LogP contribution in [-0.4, -0.2) is 23.6 Å². The number of benzene rings is 1. The maximum Gasteiger partial charge on any atom is 0.292 e. The zero-order valence-corrected chi connectivity index (χ0v) is 10.8. The van der Waals surface area contributed by atoms with Gasteiger partial charge in [-0.2, -0.15) is 5.26 Å². The highest BCUT2D eigenvalue weighted by Crippen LogP contribution is 2.31. The largest absolute Gasteiger partial charge is 0.374 e. The summed E-state index contributed by atoms with van der Waals surface area (Å²) in [4.78, 5) is 10.6. The van der Waals surface area contributed by atoms with Crippen molar-refractivity contribution >= 4 is 11.4 Å². The minimum Gasteiger partial charge on any atom is -0.374 e. The Morgan fingerprint density at radius 3 is 2.74 bits per heavy atom. The third-order valence-electron chi connectivity index (χ3n) is 3.47. The first-order valence-corrected chi connectivity index (χ1v) is 6.21. The number of piperidine rings is 1. The standard InChI is InChI=1S/C13H16N4O2/c1-13(4-6-15-7-5-13)16-11-8-10(9-14)2-3-12(11)17(18)19/h2-3,8,15-16H,4-7H2,1H3. The highest BCUT2D eigenvalue weighted by atomic mass is 16.6. The van der Waals surface area contributed by atoms with E-state index in [9.17, 15) is 10.1 Å². The number of nitriles is 1. The third-order valence-corrected chi connectivity index (χ3v) is 3.47. The molecule has 2 N–H and O–H groups in total. The van der Waals surface area contributed by atoms with Crippen molar-refractivity contribution in [3.63, 3.8) is 0 Å². The van der Waals surface area contributed by atoms with Crippen LogP contribution in [0.2, 0.25) is 0 Å². The highest BCUT2D eigenvalue weighted by molar-refractivity contribution is 5.65. The molecule has 0 radical (unpaired) electrons. The van der Waals surface area contributed by atoms with Crippen molar-refractivity contribution in [1.29, 1.82) is 5.26 Å². The summed E-state index contributed by atoms with van der Waals surface area (Å²) in [6.07, 6.45) is 1.78. The van der Waals surface area contributed by atoms with Gasteiger partial charge in [0.1, 0.15) is 5.69 Å². The predicted octanol–water partition coefficient (Wildman–Crippen LogP) is 2.02. The van der Waals surface area contributed by atoms with Crippen LogP contribution < -0.4 is 10.6 Å². The van der Waals surface area contributed by atoms with Crippen molar-refractivity contribution in [3.8, 4) is 6.07 Å². The fourth-order valence-electron chi connectivity index (χ4n) is 2.29. The molecule has 1 aliphatic rings. The maximum absolute atomic E-state index is 11.0. The molecule has 1 aliphatic heterocycles. The molecule has 2 rings (SSSR count). The lowest BCUT2D eigenvalue weighted by Gasteiger charge is -2.35. The molecule has 0 aliphatic carbocycles. The van der Waals surface area contributed by atoms with E-state index in [4.69, 9.17) is 5.26 Å². The average Bonchev–Trinajstić information content (AvgIpc) is 2.38. The number of nitro benzene ring substituents is 1. The van der Waals surface area contributed by atoms with Crippen molar-refractivity contribution in [1.82, 2.24) is 5.32 Å². The summed E-state index contributed by atoms with van der Waals surface area (Å²) in [7, 11) is 0. The molecule has 100 valence electrons. The molecule has 0 saturated carbocycles. The molecule has 1 aromatic rings. The number of nitro groups is 1. The highest BCUT2D eigenvalue weighted by Gasteiger charge is 2.29. The Kier molecular flexibility index (Phi) is 3.67. The number of hydrogen-bond acceptors (Lipinski definition) is 5. The van der Waals surface area contributed by atoms with Crippen molar-refractivity contribution in [2.45, 2.75) is 25.3 Å². The van der Waals surface area contributed by atoms with Crippen molar-refractivity contribution in [2.24, 2.45) is 0 Å². The third kappa shape index (κ3) is 3.01. The summed E-state index contributed by atoms with van der Waals surface area (Å²) in [5, 5.41) is 26.5. The molecular weight excluding hydrogens is 244 g/mol. The molecule has 1 aromatic carbocycles. The van der Waals surface area contributed by atoms with Crippen LogP contribution in [0, 0.1) is 21.4 Å². The van der Waals surface area contributed by atoms with Gasteiger partial charge in [-0.3, -0.25) is 10.1 Å². The number of rotatable bonds is 3. The van der Waals surface area contributed by atoms with Crippen LogP contribution in [0.1, 0.15) is 25.3 Å². The Labute approximate surface area is 111 Å². The first-order valence-electron chi connectivity index (χ1n) is 6.21. The van der Waals surface area contributed by atoms with Gasteiger partial charge in [-0.1, -0.05) is 0 Å². The lowest BCUT2D eigenvalue weighted by atomic mass is 9.90. The SMILES string of the molecule is CC1(Nc2cc(C#N)ccc2[N+](=O)[O-])CCNCC1. The minimum atomic E-state index is -0.423. The first kappa shape index (κ1) is 13.3. The molecule has 0 aromatic heterocycles. The summed E-state index contributed by atoms with van der Waals surface area (Å²) in [5.41, 5.74) is 0.683. The number of hydrogen-bond donors (Lipinski definition) is 2. The number of anilines is 1. The van der Waals surface area contributed by atoms with Crippen LogP contribution in [0.3, 0.4) is 0 Å². The van der Waals surface area contributed by atoms with E-state index < -0.39 is 4.92 Å². The first-order chi connectivity index (χ1) is 9.04. The Morgan fingerprint density at radius 2 is 2.16 bits per heavy atom. The van der Waals surface area contributed by atoms with E-state index in [1.807, 2.05) is 6.07 Å². The molecule has 19 heavy (non-hydrogen) atoms. The van der Waals surface area contributed by atoms with Gasteiger partial charge in [-0.15, -0.1) is 0 Å². The molecule has 0 spiro atoms. The van der Waals surface area contributed by atoms with Crippen molar-refractivity contribution < 1.29 is 4.92 Å². The van der Waals surface area contributed by atoms with Crippen LogP contribution in [0.5, 0.6) is 0 Å². The molecule has 0 atom stereocenters. The van der Waals surface area contributed by atoms with Gasteiger partial charge in [0.2, 0.25) is 0 Å². The van der Waals surface area contributed by atoms with E-state index >= 15 is 0 Å². The van der Waals surface area contributed by atoms with E-state index in [2.05, 4.69) is 17.6 Å². The summed E-state index contributed by atoms with van der Waals surface area (Å²) in [5.74, 6) is 0.